The van der Waals surface area contributed by atoms with Crippen LogP contribution in [-0.2, 0) is 19.2 Å². The van der Waals surface area contributed by atoms with E-state index in [-0.39, 0.29) is 42.4 Å². The molecule has 1 aromatic rings. The van der Waals surface area contributed by atoms with Crippen LogP contribution in [0.15, 0.2) is 35.5 Å². The van der Waals surface area contributed by atoms with Crippen LogP contribution in [0.25, 0.3) is 0 Å². The Labute approximate surface area is 132 Å². The standard InChI is InChI=1S/C16H16N2O5/c1-2-21-16(20)13-12-11-8-10(14(12)22-17-13)18(23-11)15(19)9-6-4-3-5-7-9/h3-7,10-12,14H,2,8H2,1H3/t10-,11+,12+,14+/m1/s1. The van der Waals surface area contributed by atoms with Gasteiger partial charge in [0.25, 0.3) is 5.91 Å². The fourth-order valence-corrected chi connectivity index (χ4v) is 3.46. The van der Waals surface area contributed by atoms with Crippen molar-refractivity contribution in [3.8, 4) is 0 Å². The number of benzene rings is 1. The zero-order valence-corrected chi connectivity index (χ0v) is 12.5. The summed E-state index contributed by atoms with van der Waals surface area (Å²) >= 11 is 0. The van der Waals surface area contributed by atoms with Gasteiger partial charge in [0, 0.05) is 12.0 Å². The second-order valence-electron chi connectivity index (χ2n) is 5.74. The molecule has 2 bridgehead atoms. The Hall–Kier alpha value is -2.41. The summed E-state index contributed by atoms with van der Waals surface area (Å²) in [5, 5.41) is 5.24. The van der Waals surface area contributed by atoms with Crippen LogP contribution in [0.2, 0.25) is 0 Å². The normalized spacial score (nSPS) is 30.7. The molecule has 1 saturated heterocycles. The lowest BCUT2D eigenvalue weighted by Gasteiger charge is -2.32. The number of oxime groups is 1. The van der Waals surface area contributed by atoms with E-state index >= 15 is 0 Å². The first-order chi connectivity index (χ1) is 11.2. The summed E-state index contributed by atoms with van der Waals surface area (Å²) in [5.41, 5.74) is 0.817. The van der Waals surface area contributed by atoms with Crippen molar-refractivity contribution in [3.63, 3.8) is 0 Å². The minimum atomic E-state index is -0.475. The van der Waals surface area contributed by atoms with Crippen LogP contribution in [0.5, 0.6) is 0 Å². The summed E-state index contributed by atoms with van der Waals surface area (Å²) in [4.78, 5) is 35.7. The molecule has 4 atom stereocenters. The summed E-state index contributed by atoms with van der Waals surface area (Å²) in [6.07, 6.45) is -0.00378. The largest absolute Gasteiger partial charge is 0.461 e. The Kier molecular flexibility index (Phi) is 3.30. The average molecular weight is 316 g/mol. The second-order valence-corrected chi connectivity index (χ2v) is 5.74. The fourth-order valence-electron chi connectivity index (χ4n) is 3.46. The third-order valence-corrected chi connectivity index (χ3v) is 4.45. The first kappa shape index (κ1) is 14.2. The number of hydroxylamine groups is 2. The van der Waals surface area contributed by atoms with Gasteiger partial charge in [0.15, 0.2) is 11.8 Å². The Morgan fingerprint density at radius 3 is 2.87 bits per heavy atom. The van der Waals surface area contributed by atoms with E-state index in [0.717, 1.165) is 0 Å². The molecule has 2 fully saturated rings. The van der Waals surface area contributed by atoms with Crippen molar-refractivity contribution in [2.45, 2.75) is 31.6 Å². The molecule has 4 rings (SSSR count). The lowest BCUT2D eigenvalue weighted by molar-refractivity contribution is -0.190. The summed E-state index contributed by atoms with van der Waals surface area (Å²) in [7, 11) is 0. The van der Waals surface area contributed by atoms with Crippen molar-refractivity contribution >= 4 is 17.6 Å². The highest BCUT2D eigenvalue weighted by Gasteiger charge is 2.62. The van der Waals surface area contributed by atoms with Crippen LogP contribution in [0.1, 0.15) is 23.7 Å². The maximum absolute atomic E-state index is 12.6. The maximum Gasteiger partial charge on any atom is 0.356 e. The number of amides is 1. The Morgan fingerprint density at radius 2 is 2.13 bits per heavy atom. The molecule has 1 amide bonds. The Balaban J connectivity index is 1.52. The van der Waals surface area contributed by atoms with E-state index in [1.54, 1.807) is 31.2 Å². The molecular formula is C16H16N2O5. The van der Waals surface area contributed by atoms with E-state index < -0.39 is 5.97 Å². The number of hydrogen-bond donors (Lipinski definition) is 0. The van der Waals surface area contributed by atoms with Gasteiger partial charge in [-0.1, -0.05) is 23.4 Å². The molecule has 3 aliphatic rings. The first-order valence-electron chi connectivity index (χ1n) is 7.67. The van der Waals surface area contributed by atoms with Gasteiger partial charge >= 0.3 is 5.97 Å². The van der Waals surface area contributed by atoms with Crippen molar-refractivity contribution in [2.24, 2.45) is 11.1 Å². The Morgan fingerprint density at radius 1 is 1.35 bits per heavy atom. The first-order valence-corrected chi connectivity index (χ1v) is 7.67. The molecule has 1 aromatic carbocycles. The van der Waals surface area contributed by atoms with Gasteiger partial charge in [-0.2, -0.15) is 0 Å². The van der Waals surface area contributed by atoms with Crippen LogP contribution in [-0.4, -0.2) is 47.5 Å². The second kappa shape index (κ2) is 5.34. The topological polar surface area (TPSA) is 77.4 Å². The summed E-state index contributed by atoms with van der Waals surface area (Å²) < 4.78 is 5.00. The van der Waals surface area contributed by atoms with Crippen LogP contribution >= 0.6 is 0 Å². The summed E-state index contributed by atoms with van der Waals surface area (Å²) in [6.45, 7) is 2.02. The van der Waals surface area contributed by atoms with Gasteiger partial charge in [-0.3, -0.25) is 9.63 Å². The molecule has 0 unspecified atom stereocenters. The molecular weight excluding hydrogens is 300 g/mol. The van der Waals surface area contributed by atoms with E-state index in [0.29, 0.717) is 12.0 Å². The summed E-state index contributed by atoms with van der Waals surface area (Å²) in [5.74, 6) is -0.944. The number of ether oxygens (including phenoxy) is 1. The number of rotatable bonds is 3. The van der Waals surface area contributed by atoms with E-state index in [1.807, 2.05) is 6.07 Å². The number of nitrogens with zero attached hydrogens (tertiary/aromatic N) is 2. The molecule has 1 saturated carbocycles. The minimum absolute atomic E-state index is 0.204. The predicted octanol–water partition coefficient (Wildman–Crippen LogP) is 1.15. The fraction of sp³-hybridized carbons (Fsp3) is 0.438. The lowest BCUT2D eigenvalue weighted by Crippen LogP contribution is -2.49. The van der Waals surface area contributed by atoms with Gasteiger partial charge < -0.3 is 9.57 Å². The third-order valence-electron chi connectivity index (χ3n) is 4.45. The molecule has 0 aromatic heterocycles. The van der Waals surface area contributed by atoms with Gasteiger partial charge in [-0.25, -0.2) is 9.86 Å². The molecule has 2 aliphatic heterocycles. The van der Waals surface area contributed by atoms with Crippen molar-refractivity contribution in [1.82, 2.24) is 5.06 Å². The van der Waals surface area contributed by atoms with Crippen LogP contribution in [0.4, 0.5) is 0 Å². The zero-order chi connectivity index (χ0) is 16.0. The van der Waals surface area contributed by atoms with Gasteiger partial charge in [0.05, 0.1) is 12.5 Å². The molecule has 120 valence electrons. The molecule has 0 spiro atoms. The summed E-state index contributed by atoms with van der Waals surface area (Å²) in [6, 6.07) is 8.70. The van der Waals surface area contributed by atoms with Gasteiger partial charge in [-0.05, 0) is 19.1 Å². The van der Waals surface area contributed by atoms with Crippen LogP contribution in [0, 0.1) is 5.92 Å². The molecule has 23 heavy (non-hydrogen) atoms. The van der Waals surface area contributed by atoms with Crippen molar-refractivity contribution in [3.05, 3.63) is 35.9 Å². The number of hydrogen-bond acceptors (Lipinski definition) is 6. The van der Waals surface area contributed by atoms with Crippen LogP contribution < -0.4 is 0 Å². The molecule has 7 heteroatoms. The molecule has 2 heterocycles. The zero-order valence-electron chi connectivity index (χ0n) is 12.5. The van der Waals surface area contributed by atoms with Crippen LogP contribution in [0.3, 0.4) is 0 Å². The Bertz CT molecular complexity index is 674. The van der Waals surface area contributed by atoms with E-state index in [4.69, 9.17) is 14.4 Å². The lowest BCUT2D eigenvalue weighted by atomic mass is 9.96. The number of fused-ring (bicyclic) bond motifs is 5. The highest BCUT2D eigenvalue weighted by molar-refractivity contribution is 6.38. The van der Waals surface area contributed by atoms with E-state index in [1.165, 1.54) is 5.06 Å². The average Bonchev–Trinajstić information content (AvgIpc) is 3.26. The number of esters is 1. The third kappa shape index (κ3) is 2.11. The molecule has 1 aliphatic carbocycles. The molecule has 0 radical (unpaired) electrons. The van der Waals surface area contributed by atoms with Crippen molar-refractivity contribution in [1.29, 1.82) is 0 Å². The quantitative estimate of drug-likeness (QED) is 0.782. The van der Waals surface area contributed by atoms with Gasteiger partial charge in [0.1, 0.15) is 12.1 Å². The highest BCUT2D eigenvalue weighted by Crippen LogP contribution is 2.45. The maximum atomic E-state index is 12.6. The number of carbonyl (C=O) groups is 2. The smallest absolute Gasteiger partial charge is 0.356 e. The van der Waals surface area contributed by atoms with Crippen molar-refractivity contribution < 1.29 is 24.0 Å². The van der Waals surface area contributed by atoms with Gasteiger partial charge in [-0.15, -0.1) is 0 Å². The number of carbonyl (C=O) groups excluding carboxylic acids is 2. The van der Waals surface area contributed by atoms with Crippen molar-refractivity contribution in [2.75, 3.05) is 6.61 Å². The van der Waals surface area contributed by atoms with E-state index in [2.05, 4.69) is 5.16 Å². The SMILES string of the molecule is CCOC(=O)C1=NO[C@@H]2[C@H]1[C@@H]1C[C@H]2N(C(=O)c2ccccc2)O1. The molecule has 7 nitrogen and oxygen atoms in total. The van der Waals surface area contributed by atoms with E-state index in [9.17, 15) is 9.59 Å². The minimum Gasteiger partial charge on any atom is -0.461 e. The highest BCUT2D eigenvalue weighted by atomic mass is 16.7. The van der Waals surface area contributed by atoms with Gasteiger partial charge in [0.2, 0.25) is 0 Å². The predicted molar refractivity (Wildman–Crippen MR) is 78.3 cm³/mol. The molecule has 0 N–H and O–H groups in total. The monoisotopic (exact) mass is 316 g/mol.